The molecule has 0 saturated heterocycles. The van der Waals surface area contributed by atoms with E-state index in [1.165, 1.54) is 64.2 Å². The number of rotatable bonds is 35. The summed E-state index contributed by atoms with van der Waals surface area (Å²) in [5.41, 5.74) is 0. The number of carbonyl (C=O) groups is 2. The van der Waals surface area contributed by atoms with Crippen LogP contribution in [0.25, 0.3) is 0 Å². The zero-order chi connectivity index (χ0) is 36.8. The van der Waals surface area contributed by atoms with Crippen molar-refractivity contribution < 1.29 is 37.9 Å². The Labute approximate surface area is 305 Å². The molecule has 50 heavy (non-hydrogen) atoms. The maximum Gasteiger partial charge on any atom is 0.469 e. The minimum absolute atomic E-state index is 0.195. The van der Waals surface area contributed by atoms with E-state index in [1.54, 1.807) is 0 Å². The fraction of sp³-hybridized carbons (Fsp3) is 0.707. The van der Waals surface area contributed by atoms with Gasteiger partial charge in [-0.3, -0.25) is 14.1 Å². The van der Waals surface area contributed by atoms with Crippen LogP contribution >= 0.6 is 7.82 Å². The van der Waals surface area contributed by atoms with E-state index in [-0.39, 0.29) is 19.4 Å². The van der Waals surface area contributed by atoms with Gasteiger partial charge in [0.1, 0.15) is 6.61 Å². The van der Waals surface area contributed by atoms with E-state index in [0.29, 0.717) is 12.8 Å². The normalized spacial score (nSPS) is 13.1. The number of phosphoric ester groups is 1. The molecule has 0 fully saturated rings. The molecule has 8 nitrogen and oxygen atoms in total. The number of phosphoric acid groups is 1. The fourth-order valence-corrected chi connectivity index (χ4v) is 5.48. The number of carbonyl (C=O) groups excluding carboxylic acids is 2. The topological polar surface area (TPSA) is 119 Å². The van der Waals surface area contributed by atoms with E-state index in [2.05, 4.69) is 79.1 Å². The highest BCUT2D eigenvalue weighted by atomic mass is 31.2. The molecular formula is C41H71O8P. The van der Waals surface area contributed by atoms with Crippen LogP contribution in [0.1, 0.15) is 168 Å². The Kier molecular flexibility index (Phi) is 34.9. The summed E-state index contributed by atoms with van der Waals surface area (Å²) in [6.07, 6.45) is 45.1. The van der Waals surface area contributed by atoms with E-state index in [1.807, 2.05) is 0 Å². The van der Waals surface area contributed by atoms with Gasteiger partial charge >= 0.3 is 19.8 Å². The Morgan fingerprint density at radius 1 is 0.540 bits per heavy atom. The van der Waals surface area contributed by atoms with Crippen molar-refractivity contribution in [2.24, 2.45) is 0 Å². The van der Waals surface area contributed by atoms with Crippen LogP contribution in [0.5, 0.6) is 0 Å². The number of allylic oxidation sites excluding steroid dienone is 10. The van der Waals surface area contributed by atoms with Crippen LogP contribution in [0.2, 0.25) is 0 Å². The van der Waals surface area contributed by atoms with Gasteiger partial charge in [-0.1, -0.05) is 139 Å². The second-order valence-corrected chi connectivity index (χ2v) is 14.1. The molecule has 0 amide bonds. The van der Waals surface area contributed by atoms with Crippen molar-refractivity contribution in [1.29, 1.82) is 0 Å². The summed E-state index contributed by atoms with van der Waals surface area (Å²) in [4.78, 5) is 42.7. The molecule has 288 valence electrons. The van der Waals surface area contributed by atoms with Crippen LogP contribution in [-0.2, 0) is 28.2 Å². The smallest absolute Gasteiger partial charge is 0.462 e. The number of ether oxygens (including phenoxy) is 2. The molecule has 9 heteroatoms. The van der Waals surface area contributed by atoms with Gasteiger partial charge in [0.05, 0.1) is 6.61 Å². The van der Waals surface area contributed by atoms with Crippen molar-refractivity contribution in [2.45, 2.75) is 174 Å². The standard InChI is InChI=1S/C41H71O8P/c1-3-5-7-9-11-13-15-17-19-20-22-24-26-28-30-32-34-36-41(43)49-39(38-48-50(44,45)46)37-47-40(42)35-33-31-29-27-25-23-21-18-16-14-12-10-8-6-4-2/h6,8,12,14,17-19,21,25,27,39H,3-5,7,9-11,13,15-16,20,22-24,26,28-38H2,1-2H3,(H2,44,45,46)/b8-6+,14-12+,19-17+,21-18+,27-25+/t39-/m1/s1. The molecule has 0 saturated carbocycles. The van der Waals surface area contributed by atoms with Crippen molar-refractivity contribution in [3.05, 3.63) is 60.8 Å². The van der Waals surface area contributed by atoms with Gasteiger partial charge in [-0.05, 0) is 77.0 Å². The molecular weight excluding hydrogens is 651 g/mol. The molecule has 1 atom stereocenters. The zero-order valence-electron chi connectivity index (χ0n) is 31.5. The molecule has 0 unspecified atom stereocenters. The highest BCUT2D eigenvalue weighted by Gasteiger charge is 2.22. The molecule has 0 radical (unpaired) electrons. The first-order valence-electron chi connectivity index (χ1n) is 19.6. The van der Waals surface area contributed by atoms with E-state index < -0.39 is 32.5 Å². The lowest BCUT2D eigenvalue weighted by Crippen LogP contribution is -2.29. The first kappa shape index (κ1) is 47.8. The van der Waals surface area contributed by atoms with E-state index in [4.69, 9.17) is 19.3 Å². The van der Waals surface area contributed by atoms with Crippen LogP contribution in [0.15, 0.2) is 60.8 Å². The van der Waals surface area contributed by atoms with Crippen LogP contribution < -0.4 is 0 Å². The summed E-state index contributed by atoms with van der Waals surface area (Å²) < 4.78 is 26.3. The molecule has 0 bridgehead atoms. The average molecular weight is 723 g/mol. The summed E-state index contributed by atoms with van der Waals surface area (Å²) >= 11 is 0. The molecule has 0 aliphatic rings. The molecule has 0 aromatic heterocycles. The third-order valence-corrected chi connectivity index (χ3v) is 8.51. The van der Waals surface area contributed by atoms with E-state index in [0.717, 1.165) is 64.2 Å². The minimum atomic E-state index is -4.76. The van der Waals surface area contributed by atoms with Crippen LogP contribution in [0.3, 0.4) is 0 Å². The molecule has 0 aliphatic carbocycles. The van der Waals surface area contributed by atoms with Gasteiger partial charge in [-0.25, -0.2) is 4.57 Å². The third kappa shape index (κ3) is 38.6. The quantitative estimate of drug-likeness (QED) is 0.0287. The van der Waals surface area contributed by atoms with Crippen LogP contribution in [-0.4, -0.2) is 41.0 Å². The average Bonchev–Trinajstić information content (AvgIpc) is 3.08. The van der Waals surface area contributed by atoms with Crippen LogP contribution in [0.4, 0.5) is 0 Å². The van der Waals surface area contributed by atoms with E-state index in [9.17, 15) is 14.2 Å². The van der Waals surface area contributed by atoms with Gasteiger partial charge in [0, 0.05) is 12.8 Å². The highest BCUT2D eigenvalue weighted by molar-refractivity contribution is 7.46. The fourth-order valence-electron chi connectivity index (χ4n) is 5.12. The molecule has 0 heterocycles. The monoisotopic (exact) mass is 722 g/mol. The summed E-state index contributed by atoms with van der Waals surface area (Å²) in [5.74, 6) is -0.942. The molecule has 0 aromatic rings. The number of esters is 2. The van der Waals surface area contributed by atoms with Crippen LogP contribution in [0, 0.1) is 0 Å². The number of unbranched alkanes of at least 4 members (excludes halogenated alkanes) is 15. The summed E-state index contributed by atoms with van der Waals surface area (Å²) in [6.45, 7) is 3.52. The van der Waals surface area contributed by atoms with Gasteiger partial charge in [-0.15, -0.1) is 0 Å². The highest BCUT2D eigenvalue weighted by Crippen LogP contribution is 2.36. The predicted octanol–water partition coefficient (Wildman–Crippen LogP) is 11.7. The van der Waals surface area contributed by atoms with Gasteiger partial charge < -0.3 is 19.3 Å². The lowest BCUT2D eigenvalue weighted by Gasteiger charge is -2.18. The lowest BCUT2D eigenvalue weighted by atomic mass is 10.1. The van der Waals surface area contributed by atoms with Crippen molar-refractivity contribution in [3.8, 4) is 0 Å². The Hall–Kier alpha value is -2.25. The van der Waals surface area contributed by atoms with Gasteiger partial charge in [0.15, 0.2) is 6.10 Å². The number of hydrogen-bond acceptors (Lipinski definition) is 6. The predicted molar refractivity (Wildman–Crippen MR) is 207 cm³/mol. The first-order chi connectivity index (χ1) is 24.3. The lowest BCUT2D eigenvalue weighted by molar-refractivity contribution is -0.161. The second kappa shape index (κ2) is 36.5. The third-order valence-electron chi connectivity index (χ3n) is 8.02. The van der Waals surface area contributed by atoms with E-state index >= 15 is 0 Å². The Morgan fingerprint density at radius 3 is 1.50 bits per heavy atom. The summed E-state index contributed by atoms with van der Waals surface area (Å²) in [6, 6.07) is 0. The SMILES string of the molecule is CC/C=C/C/C=C/C/C=C/C/C=C/CCCCC(=O)OC[C@H](COP(=O)(O)O)OC(=O)CCCCCCCCC/C=C/CCCCCCCC. The van der Waals surface area contributed by atoms with Gasteiger partial charge in [0.25, 0.3) is 0 Å². The largest absolute Gasteiger partial charge is 0.469 e. The Morgan fingerprint density at radius 2 is 0.960 bits per heavy atom. The second-order valence-electron chi connectivity index (χ2n) is 12.9. The van der Waals surface area contributed by atoms with Crippen molar-refractivity contribution >= 4 is 19.8 Å². The Balaban J connectivity index is 4.03. The molecule has 2 N–H and O–H groups in total. The first-order valence-corrected chi connectivity index (χ1v) is 21.1. The summed E-state index contributed by atoms with van der Waals surface area (Å²) in [5, 5.41) is 0. The molecule has 0 aliphatic heterocycles. The summed E-state index contributed by atoms with van der Waals surface area (Å²) in [7, 11) is -4.76. The number of hydrogen-bond donors (Lipinski definition) is 2. The Bertz CT molecular complexity index is 995. The zero-order valence-corrected chi connectivity index (χ0v) is 32.4. The van der Waals surface area contributed by atoms with Gasteiger partial charge in [0.2, 0.25) is 0 Å². The minimum Gasteiger partial charge on any atom is -0.462 e. The maximum absolute atomic E-state index is 12.4. The van der Waals surface area contributed by atoms with Crippen molar-refractivity contribution in [1.82, 2.24) is 0 Å². The molecule has 0 rings (SSSR count). The van der Waals surface area contributed by atoms with Crippen molar-refractivity contribution in [2.75, 3.05) is 13.2 Å². The molecule has 0 aromatic carbocycles. The van der Waals surface area contributed by atoms with Gasteiger partial charge in [-0.2, -0.15) is 0 Å². The van der Waals surface area contributed by atoms with Crippen molar-refractivity contribution in [3.63, 3.8) is 0 Å². The maximum atomic E-state index is 12.4. The molecule has 0 spiro atoms.